The number of hydrogen-bond donors (Lipinski definition) is 1. The summed E-state index contributed by atoms with van der Waals surface area (Å²) in [5, 5.41) is 10.1. The van der Waals surface area contributed by atoms with Crippen molar-refractivity contribution in [3.63, 3.8) is 0 Å². The highest BCUT2D eigenvalue weighted by Crippen LogP contribution is 2.18. The Bertz CT molecular complexity index is 710. The van der Waals surface area contributed by atoms with Crippen LogP contribution >= 0.6 is 15.9 Å². The van der Waals surface area contributed by atoms with Gasteiger partial charge in [-0.15, -0.1) is 0 Å². The minimum Gasteiger partial charge on any atom is -0.417 e. The lowest BCUT2D eigenvalue weighted by Gasteiger charge is -2.22. The van der Waals surface area contributed by atoms with Crippen molar-refractivity contribution in [2.45, 2.75) is 13.0 Å². The van der Waals surface area contributed by atoms with Gasteiger partial charge in [-0.05, 0) is 30.5 Å². The molecule has 0 aliphatic rings. The van der Waals surface area contributed by atoms with Crippen LogP contribution in [0.4, 0.5) is 0 Å². The second-order valence-electron chi connectivity index (χ2n) is 4.58. The highest BCUT2D eigenvalue weighted by molar-refractivity contribution is 9.10. The van der Waals surface area contributed by atoms with Crippen LogP contribution in [0, 0.1) is 0 Å². The minimum absolute atomic E-state index is 0.0346. The SMILES string of the molecule is C[C@H](CO)N(C)C(=O)c1cc2ccc(Br)cc2c(=O)o1. The number of hydrogen-bond acceptors (Lipinski definition) is 4. The minimum atomic E-state index is -0.558. The zero-order valence-corrected chi connectivity index (χ0v) is 12.7. The van der Waals surface area contributed by atoms with Crippen LogP contribution in [-0.4, -0.2) is 35.6 Å². The molecule has 5 nitrogen and oxygen atoms in total. The van der Waals surface area contributed by atoms with Crippen molar-refractivity contribution >= 4 is 32.6 Å². The highest BCUT2D eigenvalue weighted by Gasteiger charge is 2.20. The Morgan fingerprint density at radius 1 is 1.45 bits per heavy atom. The zero-order chi connectivity index (χ0) is 14.9. The van der Waals surface area contributed by atoms with E-state index >= 15 is 0 Å². The summed E-state index contributed by atoms with van der Waals surface area (Å²) in [4.78, 5) is 25.4. The van der Waals surface area contributed by atoms with E-state index in [1.54, 1.807) is 32.2 Å². The van der Waals surface area contributed by atoms with E-state index in [1.807, 2.05) is 0 Å². The lowest BCUT2D eigenvalue weighted by molar-refractivity contribution is 0.0646. The fraction of sp³-hybridized carbons (Fsp3) is 0.286. The number of halogens is 1. The molecule has 1 heterocycles. The number of nitrogens with zero attached hydrogens (tertiary/aromatic N) is 1. The molecule has 0 aliphatic carbocycles. The Morgan fingerprint density at radius 3 is 2.80 bits per heavy atom. The summed E-state index contributed by atoms with van der Waals surface area (Å²) in [6, 6.07) is 6.36. The van der Waals surface area contributed by atoms with E-state index in [0.717, 1.165) is 4.47 Å². The average molecular weight is 340 g/mol. The smallest absolute Gasteiger partial charge is 0.344 e. The van der Waals surface area contributed by atoms with Crippen molar-refractivity contribution in [3.8, 4) is 0 Å². The third kappa shape index (κ3) is 2.76. The molecule has 0 spiro atoms. The van der Waals surface area contributed by atoms with Gasteiger partial charge in [-0.2, -0.15) is 0 Å². The summed E-state index contributed by atoms with van der Waals surface area (Å²) in [5.41, 5.74) is -0.558. The molecule has 1 N–H and O–H groups in total. The molecule has 6 heteroatoms. The lowest BCUT2D eigenvalue weighted by atomic mass is 10.1. The number of carbonyl (C=O) groups excluding carboxylic acids is 1. The number of aliphatic hydroxyl groups excluding tert-OH is 1. The van der Waals surface area contributed by atoms with Gasteiger partial charge in [0.1, 0.15) is 0 Å². The largest absolute Gasteiger partial charge is 0.417 e. The summed E-state index contributed by atoms with van der Waals surface area (Å²) in [6.07, 6.45) is 0. The van der Waals surface area contributed by atoms with E-state index in [0.29, 0.717) is 10.8 Å². The van der Waals surface area contributed by atoms with E-state index in [-0.39, 0.29) is 18.4 Å². The van der Waals surface area contributed by atoms with Crippen molar-refractivity contribution in [3.05, 3.63) is 44.9 Å². The van der Waals surface area contributed by atoms with Crippen molar-refractivity contribution in [2.75, 3.05) is 13.7 Å². The van der Waals surface area contributed by atoms with E-state index in [2.05, 4.69) is 15.9 Å². The van der Waals surface area contributed by atoms with Gasteiger partial charge in [-0.3, -0.25) is 4.79 Å². The van der Waals surface area contributed by atoms with Crippen LogP contribution < -0.4 is 5.63 Å². The van der Waals surface area contributed by atoms with Crippen LogP contribution in [-0.2, 0) is 0 Å². The summed E-state index contributed by atoms with van der Waals surface area (Å²) < 4.78 is 5.84. The molecular weight excluding hydrogens is 326 g/mol. The van der Waals surface area contributed by atoms with Gasteiger partial charge in [0.25, 0.3) is 5.91 Å². The van der Waals surface area contributed by atoms with Gasteiger partial charge in [0.15, 0.2) is 5.76 Å². The predicted octanol–water partition coefficient (Wildman–Crippen LogP) is 2.01. The van der Waals surface area contributed by atoms with Gasteiger partial charge in [-0.1, -0.05) is 22.0 Å². The number of likely N-dealkylation sites (N-methyl/N-ethyl adjacent to an activating group) is 1. The monoisotopic (exact) mass is 339 g/mol. The molecule has 106 valence electrons. The molecule has 2 rings (SSSR count). The molecular formula is C14H14BrNO4. The Kier molecular flexibility index (Phi) is 4.25. The lowest BCUT2D eigenvalue weighted by Crippen LogP contribution is -2.37. The Labute approximate surface area is 123 Å². The molecule has 20 heavy (non-hydrogen) atoms. The molecule has 1 aromatic heterocycles. The Morgan fingerprint density at radius 2 is 2.15 bits per heavy atom. The van der Waals surface area contributed by atoms with Crippen LogP contribution in [0.15, 0.2) is 37.9 Å². The molecule has 0 bridgehead atoms. The fourth-order valence-electron chi connectivity index (χ4n) is 1.76. The normalized spacial score (nSPS) is 12.4. The van der Waals surface area contributed by atoms with Gasteiger partial charge in [0, 0.05) is 11.5 Å². The topological polar surface area (TPSA) is 70.8 Å². The Hall–Kier alpha value is -1.66. The van der Waals surface area contributed by atoms with E-state index in [4.69, 9.17) is 9.52 Å². The zero-order valence-electron chi connectivity index (χ0n) is 11.1. The molecule has 0 saturated heterocycles. The number of rotatable bonds is 3. The quantitative estimate of drug-likeness (QED) is 0.928. The van der Waals surface area contributed by atoms with Gasteiger partial charge in [-0.25, -0.2) is 4.79 Å². The molecule has 0 aliphatic heterocycles. The highest BCUT2D eigenvalue weighted by atomic mass is 79.9. The molecule has 0 unspecified atom stereocenters. The first-order valence-electron chi connectivity index (χ1n) is 6.05. The standard InChI is InChI=1S/C14H14BrNO4/c1-8(7-17)16(2)13(18)12-5-9-3-4-10(15)6-11(9)14(19)20-12/h3-6,8,17H,7H2,1-2H3/t8-/m1/s1. The molecule has 1 atom stereocenters. The van der Waals surface area contributed by atoms with Crippen molar-refractivity contribution in [2.24, 2.45) is 0 Å². The van der Waals surface area contributed by atoms with Gasteiger partial charge in [0.05, 0.1) is 18.0 Å². The van der Waals surface area contributed by atoms with Crippen LogP contribution in [0.5, 0.6) is 0 Å². The maximum atomic E-state index is 12.2. The van der Waals surface area contributed by atoms with Crippen molar-refractivity contribution < 1.29 is 14.3 Å². The maximum absolute atomic E-state index is 12.2. The van der Waals surface area contributed by atoms with Gasteiger partial charge in [0.2, 0.25) is 0 Å². The van der Waals surface area contributed by atoms with Crippen LogP contribution in [0.3, 0.4) is 0 Å². The molecule has 0 fully saturated rings. The number of carbonyl (C=O) groups is 1. The number of aliphatic hydroxyl groups is 1. The van der Waals surface area contributed by atoms with E-state index in [9.17, 15) is 9.59 Å². The van der Waals surface area contributed by atoms with Crippen LogP contribution in [0.2, 0.25) is 0 Å². The molecule has 0 saturated carbocycles. The second kappa shape index (κ2) is 5.76. The maximum Gasteiger partial charge on any atom is 0.344 e. The summed E-state index contributed by atoms with van der Waals surface area (Å²) in [7, 11) is 1.55. The Balaban J connectivity index is 2.49. The summed E-state index contributed by atoms with van der Waals surface area (Å²) in [5.74, 6) is -0.471. The van der Waals surface area contributed by atoms with Crippen LogP contribution in [0.1, 0.15) is 17.5 Å². The third-order valence-electron chi connectivity index (χ3n) is 3.18. The first kappa shape index (κ1) is 14.7. The first-order valence-corrected chi connectivity index (χ1v) is 6.84. The van der Waals surface area contributed by atoms with Crippen LogP contribution in [0.25, 0.3) is 10.8 Å². The van der Waals surface area contributed by atoms with Gasteiger partial charge >= 0.3 is 5.63 Å². The first-order chi connectivity index (χ1) is 9.43. The molecule has 1 amide bonds. The van der Waals surface area contributed by atoms with E-state index < -0.39 is 11.5 Å². The average Bonchev–Trinajstić information content (AvgIpc) is 2.45. The number of benzene rings is 1. The van der Waals surface area contributed by atoms with Crippen molar-refractivity contribution in [1.29, 1.82) is 0 Å². The fourth-order valence-corrected chi connectivity index (χ4v) is 2.12. The summed E-state index contributed by atoms with van der Waals surface area (Å²) >= 11 is 3.28. The number of fused-ring (bicyclic) bond motifs is 1. The molecule has 2 aromatic rings. The predicted molar refractivity (Wildman–Crippen MR) is 78.8 cm³/mol. The molecule has 0 radical (unpaired) electrons. The van der Waals surface area contributed by atoms with Crippen molar-refractivity contribution in [1.82, 2.24) is 4.90 Å². The third-order valence-corrected chi connectivity index (χ3v) is 3.67. The van der Waals surface area contributed by atoms with E-state index in [1.165, 1.54) is 11.0 Å². The second-order valence-corrected chi connectivity index (χ2v) is 5.49. The molecule has 1 aromatic carbocycles. The summed E-state index contributed by atoms with van der Waals surface area (Å²) in [6.45, 7) is 1.54. The number of amides is 1. The van der Waals surface area contributed by atoms with Gasteiger partial charge < -0.3 is 14.4 Å².